The molecule has 5 nitrogen and oxygen atoms in total. The first-order valence-electron chi connectivity index (χ1n) is 6.11. The average molecular weight is 240 g/mol. The zero-order chi connectivity index (χ0) is 12.8. The van der Waals surface area contributed by atoms with Crippen molar-refractivity contribution in [1.29, 1.82) is 0 Å². The lowest BCUT2D eigenvalue weighted by Crippen LogP contribution is -2.60. The van der Waals surface area contributed by atoms with E-state index in [-0.39, 0.29) is 11.3 Å². The van der Waals surface area contributed by atoms with Gasteiger partial charge in [-0.2, -0.15) is 0 Å². The lowest BCUT2D eigenvalue weighted by molar-refractivity contribution is -0.159. The Morgan fingerprint density at radius 2 is 1.88 bits per heavy atom. The maximum absolute atomic E-state index is 12.2. The smallest absolute Gasteiger partial charge is 0.326 e. The van der Waals surface area contributed by atoms with Gasteiger partial charge in [0.1, 0.15) is 6.04 Å². The van der Waals surface area contributed by atoms with E-state index in [4.69, 9.17) is 5.73 Å². The molecule has 0 aromatic carbocycles. The standard InChI is InChI=1S/C12H20N2O3/c1-11(2)4-3-7-14(8(11)9(15)16)10(17)12(13)5-6-12/h8H,3-7,13H2,1-2H3,(H,15,16). The molecule has 1 saturated carbocycles. The van der Waals surface area contributed by atoms with Crippen molar-refractivity contribution in [3.63, 3.8) is 0 Å². The van der Waals surface area contributed by atoms with E-state index in [1.807, 2.05) is 13.8 Å². The third-order valence-electron chi connectivity index (χ3n) is 3.98. The van der Waals surface area contributed by atoms with Crippen LogP contribution in [0.25, 0.3) is 0 Å². The van der Waals surface area contributed by atoms with E-state index in [0.717, 1.165) is 12.8 Å². The molecule has 2 aliphatic rings. The maximum Gasteiger partial charge on any atom is 0.326 e. The van der Waals surface area contributed by atoms with Gasteiger partial charge in [0, 0.05) is 6.54 Å². The molecule has 2 rings (SSSR count). The Morgan fingerprint density at radius 3 is 2.35 bits per heavy atom. The molecule has 1 aliphatic carbocycles. The van der Waals surface area contributed by atoms with Gasteiger partial charge in [-0.15, -0.1) is 0 Å². The van der Waals surface area contributed by atoms with E-state index in [2.05, 4.69) is 0 Å². The van der Waals surface area contributed by atoms with Crippen LogP contribution in [0.15, 0.2) is 0 Å². The normalized spacial score (nSPS) is 29.8. The monoisotopic (exact) mass is 240 g/mol. The van der Waals surface area contributed by atoms with Gasteiger partial charge >= 0.3 is 5.97 Å². The van der Waals surface area contributed by atoms with E-state index in [0.29, 0.717) is 19.4 Å². The zero-order valence-corrected chi connectivity index (χ0v) is 10.4. The molecule has 0 aromatic heterocycles. The fraction of sp³-hybridized carbons (Fsp3) is 0.833. The fourth-order valence-electron chi connectivity index (χ4n) is 2.71. The van der Waals surface area contributed by atoms with Crippen LogP contribution >= 0.6 is 0 Å². The molecule has 1 saturated heterocycles. The van der Waals surface area contributed by atoms with Crippen molar-refractivity contribution >= 4 is 11.9 Å². The number of carboxylic acids is 1. The molecule has 0 bridgehead atoms. The molecule has 5 heteroatoms. The first-order chi connectivity index (χ1) is 7.78. The van der Waals surface area contributed by atoms with Crippen LogP contribution in [-0.2, 0) is 9.59 Å². The number of amides is 1. The van der Waals surface area contributed by atoms with E-state index in [9.17, 15) is 14.7 Å². The van der Waals surface area contributed by atoms with Gasteiger partial charge in [-0.05, 0) is 31.1 Å². The van der Waals surface area contributed by atoms with Crippen LogP contribution in [0.1, 0.15) is 39.5 Å². The number of hydrogen-bond acceptors (Lipinski definition) is 3. The number of carboxylic acid groups (broad SMARTS) is 1. The van der Waals surface area contributed by atoms with Crippen LogP contribution < -0.4 is 5.73 Å². The van der Waals surface area contributed by atoms with Crippen LogP contribution in [0.3, 0.4) is 0 Å². The summed E-state index contributed by atoms with van der Waals surface area (Å²) < 4.78 is 0. The number of nitrogens with zero attached hydrogens (tertiary/aromatic N) is 1. The summed E-state index contributed by atoms with van der Waals surface area (Å²) in [7, 11) is 0. The highest BCUT2D eigenvalue weighted by Gasteiger charge is 2.53. The third-order valence-corrected chi connectivity index (χ3v) is 3.98. The highest BCUT2D eigenvalue weighted by molar-refractivity contribution is 5.92. The molecule has 0 aromatic rings. The highest BCUT2D eigenvalue weighted by atomic mass is 16.4. The topological polar surface area (TPSA) is 83.6 Å². The van der Waals surface area contributed by atoms with Crippen molar-refractivity contribution in [2.45, 2.75) is 51.1 Å². The number of piperidine rings is 1. The number of carbonyl (C=O) groups is 2. The lowest BCUT2D eigenvalue weighted by atomic mass is 9.76. The van der Waals surface area contributed by atoms with Crippen molar-refractivity contribution in [3.05, 3.63) is 0 Å². The van der Waals surface area contributed by atoms with Crippen LogP contribution in [0.5, 0.6) is 0 Å². The van der Waals surface area contributed by atoms with Gasteiger partial charge in [-0.25, -0.2) is 4.79 Å². The second-order valence-electron chi connectivity index (χ2n) is 5.99. The molecule has 1 unspecified atom stereocenters. The zero-order valence-electron chi connectivity index (χ0n) is 10.4. The van der Waals surface area contributed by atoms with Gasteiger partial charge in [0.25, 0.3) is 0 Å². The van der Waals surface area contributed by atoms with Gasteiger partial charge in [0.2, 0.25) is 5.91 Å². The summed E-state index contributed by atoms with van der Waals surface area (Å²) in [5.74, 6) is -1.11. The molecule has 1 atom stereocenters. The highest BCUT2D eigenvalue weighted by Crippen LogP contribution is 2.40. The minimum atomic E-state index is -0.924. The Kier molecular flexibility index (Phi) is 2.69. The molecular formula is C12H20N2O3. The molecule has 17 heavy (non-hydrogen) atoms. The maximum atomic E-state index is 12.2. The van der Waals surface area contributed by atoms with Crippen LogP contribution in [0.4, 0.5) is 0 Å². The van der Waals surface area contributed by atoms with Crippen LogP contribution in [-0.4, -0.2) is 40.0 Å². The Morgan fingerprint density at radius 1 is 1.29 bits per heavy atom. The van der Waals surface area contributed by atoms with E-state index >= 15 is 0 Å². The van der Waals surface area contributed by atoms with E-state index in [1.165, 1.54) is 4.90 Å². The Bertz CT molecular complexity index is 361. The Hall–Kier alpha value is -1.10. The van der Waals surface area contributed by atoms with Gasteiger partial charge < -0.3 is 15.7 Å². The summed E-state index contributed by atoms with van der Waals surface area (Å²) in [6, 6.07) is -0.746. The molecule has 1 heterocycles. The summed E-state index contributed by atoms with van der Waals surface area (Å²) in [5, 5.41) is 9.34. The fourth-order valence-corrected chi connectivity index (χ4v) is 2.71. The number of nitrogens with two attached hydrogens (primary N) is 1. The number of hydrogen-bond donors (Lipinski definition) is 2. The van der Waals surface area contributed by atoms with Crippen molar-refractivity contribution in [3.8, 4) is 0 Å². The minimum Gasteiger partial charge on any atom is -0.480 e. The van der Waals surface area contributed by atoms with Crippen molar-refractivity contribution in [1.82, 2.24) is 4.90 Å². The number of rotatable bonds is 2. The summed E-state index contributed by atoms with van der Waals surface area (Å²) >= 11 is 0. The lowest BCUT2D eigenvalue weighted by Gasteiger charge is -2.44. The second kappa shape index (κ2) is 3.70. The van der Waals surface area contributed by atoms with Crippen molar-refractivity contribution in [2.75, 3.05) is 6.54 Å². The van der Waals surface area contributed by atoms with Gasteiger partial charge in [-0.3, -0.25) is 4.79 Å². The number of carbonyl (C=O) groups excluding carboxylic acids is 1. The predicted molar refractivity (Wildman–Crippen MR) is 62.3 cm³/mol. The molecule has 0 radical (unpaired) electrons. The summed E-state index contributed by atoms with van der Waals surface area (Å²) in [6.07, 6.45) is 3.02. The van der Waals surface area contributed by atoms with E-state index in [1.54, 1.807) is 0 Å². The molecular weight excluding hydrogens is 220 g/mol. The predicted octanol–water partition coefficient (Wildman–Crippen LogP) is 0.579. The third kappa shape index (κ3) is 2.04. The van der Waals surface area contributed by atoms with Crippen molar-refractivity contribution in [2.24, 2.45) is 11.1 Å². The van der Waals surface area contributed by atoms with Crippen molar-refractivity contribution < 1.29 is 14.7 Å². The van der Waals surface area contributed by atoms with Gasteiger partial charge in [-0.1, -0.05) is 13.8 Å². The molecule has 1 aliphatic heterocycles. The summed E-state index contributed by atoms with van der Waals surface area (Å²) in [5.41, 5.74) is 4.73. The molecule has 96 valence electrons. The van der Waals surface area contributed by atoms with Gasteiger partial charge in [0.05, 0.1) is 5.54 Å². The van der Waals surface area contributed by atoms with E-state index < -0.39 is 17.6 Å². The molecule has 0 spiro atoms. The second-order valence-corrected chi connectivity index (χ2v) is 5.99. The van der Waals surface area contributed by atoms with Gasteiger partial charge in [0.15, 0.2) is 0 Å². The van der Waals surface area contributed by atoms with Crippen LogP contribution in [0, 0.1) is 5.41 Å². The first-order valence-corrected chi connectivity index (χ1v) is 6.11. The minimum absolute atomic E-state index is 0.183. The molecule has 3 N–H and O–H groups in total. The quantitative estimate of drug-likeness (QED) is 0.739. The Balaban J connectivity index is 2.25. The number of likely N-dealkylation sites (tertiary alicyclic amines) is 1. The molecule has 1 amide bonds. The first kappa shape index (κ1) is 12.4. The Labute approximate surface area is 101 Å². The molecule has 2 fully saturated rings. The summed E-state index contributed by atoms with van der Waals surface area (Å²) in [6.45, 7) is 4.32. The van der Waals surface area contributed by atoms with Crippen LogP contribution in [0.2, 0.25) is 0 Å². The average Bonchev–Trinajstić information content (AvgIpc) is 2.94. The number of aliphatic carboxylic acids is 1. The summed E-state index contributed by atoms with van der Waals surface area (Å²) in [4.78, 5) is 25.1. The SMILES string of the molecule is CC1(C)CCCN(C(=O)C2(N)CC2)C1C(=O)O. The largest absolute Gasteiger partial charge is 0.480 e.